The lowest BCUT2D eigenvalue weighted by molar-refractivity contribution is 0.100. The van der Waals surface area contributed by atoms with E-state index in [0.717, 1.165) is 35.0 Å². The van der Waals surface area contributed by atoms with Crippen LogP contribution in [0.25, 0.3) is 10.9 Å². The molecule has 0 unspecified atom stereocenters. The number of halogens is 1. The largest absolute Gasteiger partial charge is 0.366 e. The third kappa shape index (κ3) is 2.33. The third-order valence-electron chi connectivity index (χ3n) is 3.68. The molecule has 0 radical (unpaired) electrons. The van der Waals surface area contributed by atoms with Crippen LogP contribution in [0, 0.1) is 0 Å². The van der Waals surface area contributed by atoms with Gasteiger partial charge in [0.2, 0.25) is 5.91 Å². The molecule has 0 fully saturated rings. The summed E-state index contributed by atoms with van der Waals surface area (Å²) in [6.07, 6.45) is 2.21. The van der Waals surface area contributed by atoms with Gasteiger partial charge >= 0.3 is 0 Å². The number of aromatic amines is 1. The predicted molar refractivity (Wildman–Crippen MR) is 78.9 cm³/mol. The van der Waals surface area contributed by atoms with Crippen molar-refractivity contribution < 1.29 is 8.91 Å². The molecule has 4 N–H and O–H groups in total. The molecule has 4 nitrogen and oxygen atoms in total. The molecule has 1 aliphatic rings. The first kappa shape index (κ1) is 10.3. The molecule has 19 heavy (non-hydrogen) atoms. The number of hydrogen-bond donors (Lipinski definition) is 3. The molecule has 0 saturated carbocycles. The number of likely N-dealkylation sites (N-methyl/N-ethyl adjacent to an activating group) is 1. The van der Waals surface area contributed by atoms with Crippen LogP contribution in [0.1, 0.15) is 32.1 Å². The van der Waals surface area contributed by atoms with Crippen molar-refractivity contribution in [3.8, 4) is 0 Å². The number of amides is 1. The molecule has 1 aromatic carbocycles. The maximum absolute atomic E-state index is 11.3. The Labute approximate surface area is 122 Å². The van der Waals surface area contributed by atoms with E-state index in [1.165, 1.54) is 0 Å². The van der Waals surface area contributed by atoms with E-state index in [9.17, 15) is 4.79 Å². The molecule has 0 spiro atoms. The number of carbonyl (C=O) groups excluding carboxylic acids is 1. The molecule has 2 aromatic rings. The maximum Gasteiger partial charge on any atom is 0.248 e. The molecular weight excluding hydrogens is 262 g/mol. The van der Waals surface area contributed by atoms with Crippen LogP contribution in [-0.4, -0.2) is 23.9 Å². The van der Waals surface area contributed by atoms with Crippen molar-refractivity contribution in [1.29, 1.82) is 0 Å². The summed E-state index contributed by atoms with van der Waals surface area (Å²) in [5.41, 5.74) is 8.95. The average molecular weight is 283 g/mol. The molecule has 102 valence electrons. The number of benzene rings is 1. The number of primary amides is 1. The molecule has 1 aliphatic carbocycles. The lowest BCUT2D eigenvalue weighted by Gasteiger charge is -2.21. The van der Waals surface area contributed by atoms with Crippen LogP contribution in [0.2, 0.25) is 0 Å². The molecule has 5 heteroatoms. The Morgan fingerprint density at radius 1 is 1.58 bits per heavy atom. The van der Waals surface area contributed by atoms with Crippen LogP contribution in [0.5, 0.6) is 0 Å². The molecule has 0 bridgehead atoms. The number of hydrogen-bond acceptors (Lipinski definition) is 2. The number of H-pyrrole nitrogens is 1. The van der Waals surface area contributed by atoms with E-state index in [1.54, 1.807) is 12.1 Å². The van der Waals surface area contributed by atoms with Gasteiger partial charge in [0.25, 0.3) is 0 Å². The molecule has 1 atom stereocenters. The summed E-state index contributed by atoms with van der Waals surface area (Å²) < 4.78 is 22.0. The fourth-order valence-electron chi connectivity index (χ4n) is 2.69. The van der Waals surface area contributed by atoms with E-state index in [4.69, 9.17) is 9.85 Å². The third-order valence-corrected chi connectivity index (χ3v) is 3.68. The quantitative estimate of drug-likeness (QED) is 0.785. The lowest BCUT2D eigenvalue weighted by Crippen LogP contribution is -2.31. The Morgan fingerprint density at radius 3 is 3.16 bits per heavy atom. The Kier molecular flexibility index (Phi) is 2.83. The van der Waals surface area contributed by atoms with Crippen molar-refractivity contribution in [2.24, 2.45) is 5.73 Å². The van der Waals surface area contributed by atoms with Gasteiger partial charge < -0.3 is 16.0 Å². The summed E-state index contributed by atoms with van der Waals surface area (Å²) in [7, 11) is 0. The highest BCUT2D eigenvalue weighted by Crippen LogP contribution is 2.29. The summed E-state index contributed by atoms with van der Waals surface area (Å²) in [6, 6.07) is 5.25. The van der Waals surface area contributed by atoms with E-state index in [2.05, 4.69) is 10.3 Å². The fraction of sp³-hybridized carbons (Fsp3) is 0.357. The van der Waals surface area contributed by atoms with Crippen LogP contribution in [-0.2, 0) is 12.8 Å². The van der Waals surface area contributed by atoms with Gasteiger partial charge in [-0.15, -0.1) is 12.4 Å². The van der Waals surface area contributed by atoms with E-state index < -0.39 is 12.9 Å². The van der Waals surface area contributed by atoms with Gasteiger partial charge in [-0.2, -0.15) is 0 Å². The van der Waals surface area contributed by atoms with Gasteiger partial charge in [-0.05, 0) is 50.0 Å². The second-order valence-corrected chi connectivity index (χ2v) is 4.79. The van der Waals surface area contributed by atoms with E-state index in [1.807, 2.05) is 6.07 Å². The number of fused-ring (bicyclic) bond motifs is 3. The van der Waals surface area contributed by atoms with Crippen molar-refractivity contribution in [1.82, 2.24) is 10.3 Å². The van der Waals surface area contributed by atoms with E-state index >= 15 is 0 Å². The van der Waals surface area contributed by atoms with Crippen molar-refractivity contribution in [3.05, 3.63) is 35.0 Å². The molecule has 1 amide bonds. The van der Waals surface area contributed by atoms with Gasteiger partial charge in [0, 0.05) is 32.3 Å². The van der Waals surface area contributed by atoms with Crippen molar-refractivity contribution in [2.45, 2.75) is 25.3 Å². The Balaban J connectivity index is 0.00000176. The summed E-state index contributed by atoms with van der Waals surface area (Å²) in [5, 5.41) is 3.64. The number of nitrogens with two attached hydrogens (primary N) is 1. The van der Waals surface area contributed by atoms with Crippen LogP contribution in [0.4, 0.5) is 0 Å². The Hall–Kier alpha value is -1.52. The maximum atomic E-state index is 11.3. The lowest BCUT2D eigenvalue weighted by atomic mass is 9.91. The Morgan fingerprint density at radius 2 is 2.42 bits per heavy atom. The van der Waals surface area contributed by atoms with Crippen molar-refractivity contribution in [3.63, 3.8) is 0 Å². The molecular formula is C14H18ClN3O. The highest BCUT2D eigenvalue weighted by Gasteiger charge is 2.21. The molecule has 1 aromatic heterocycles. The Bertz CT molecular complexity index is 711. The van der Waals surface area contributed by atoms with Gasteiger partial charge in [-0.25, -0.2) is 0 Å². The molecule has 0 aliphatic heterocycles. The zero-order chi connectivity index (χ0) is 15.2. The fourth-order valence-corrected chi connectivity index (χ4v) is 2.69. The van der Waals surface area contributed by atoms with Crippen molar-refractivity contribution in [2.75, 3.05) is 6.98 Å². The van der Waals surface area contributed by atoms with Crippen LogP contribution in [0.15, 0.2) is 18.2 Å². The van der Waals surface area contributed by atoms with Gasteiger partial charge in [0.05, 0.1) is 0 Å². The summed E-state index contributed by atoms with van der Waals surface area (Å²) in [6.45, 7) is -2.13. The topological polar surface area (TPSA) is 70.9 Å². The highest BCUT2D eigenvalue weighted by molar-refractivity contribution is 5.98. The predicted octanol–water partition coefficient (Wildman–Crippen LogP) is 1.77. The van der Waals surface area contributed by atoms with Gasteiger partial charge in [0.15, 0.2) is 0 Å². The standard InChI is InChI=1S/C14H17N3O.ClH/c1-16-9-3-5-13-11(7-9)10-6-8(14(15)18)2-4-12(10)17-13;/h2,4,6,9,16-17H,3,5,7H2,1H3,(H2,15,18);1H/t9-;/m1./s1/i1D3;. The van der Waals surface area contributed by atoms with Gasteiger partial charge in [0.1, 0.15) is 0 Å². The first-order chi connectivity index (χ1) is 9.83. The normalized spacial score (nSPS) is 20.8. The van der Waals surface area contributed by atoms with Crippen LogP contribution in [0.3, 0.4) is 0 Å². The number of nitrogens with one attached hydrogen (secondary N) is 2. The molecule has 0 saturated heterocycles. The van der Waals surface area contributed by atoms with Crippen LogP contribution < -0.4 is 11.1 Å². The zero-order valence-electron chi connectivity index (χ0n) is 13.3. The summed E-state index contributed by atoms with van der Waals surface area (Å²) in [4.78, 5) is 14.7. The molecule has 1 heterocycles. The minimum atomic E-state index is -2.13. The minimum Gasteiger partial charge on any atom is -0.366 e. The first-order valence-electron chi connectivity index (χ1n) is 7.54. The molecule has 3 rings (SSSR count). The number of aryl methyl sites for hydroxylation is 1. The van der Waals surface area contributed by atoms with E-state index in [-0.39, 0.29) is 18.4 Å². The average Bonchev–Trinajstić information content (AvgIpc) is 2.74. The van der Waals surface area contributed by atoms with E-state index in [0.29, 0.717) is 12.0 Å². The minimum absolute atomic E-state index is 0. The van der Waals surface area contributed by atoms with Gasteiger partial charge in [-0.3, -0.25) is 4.79 Å². The summed E-state index contributed by atoms with van der Waals surface area (Å²) >= 11 is 0. The van der Waals surface area contributed by atoms with Crippen molar-refractivity contribution >= 4 is 29.2 Å². The second-order valence-electron chi connectivity index (χ2n) is 4.79. The summed E-state index contributed by atoms with van der Waals surface area (Å²) in [5.74, 6) is -0.458. The monoisotopic (exact) mass is 282 g/mol. The number of aromatic nitrogens is 1. The highest BCUT2D eigenvalue weighted by atomic mass is 35.5. The van der Waals surface area contributed by atoms with Gasteiger partial charge in [-0.1, -0.05) is 0 Å². The SMILES string of the molecule is Cl.[2H]C([2H])([2H])N[C@@H]1CCc2[nH]c3ccc(C(N)=O)cc3c2C1. The number of rotatable bonds is 2. The smallest absolute Gasteiger partial charge is 0.248 e. The number of carbonyl (C=O) groups is 1. The van der Waals surface area contributed by atoms with Crippen LogP contribution >= 0.6 is 12.4 Å². The zero-order valence-corrected chi connectivity index (χ0v) is 11.1. The first-order valence-corrected chi connectivity index (χ1v) is 6.04. The second kappa shape index (κ2) is 5.23.